The van der Waals surface area contributed by atoms with Gasteiger partial charge in [-0.3, -0.25) is 4.79 Å². The van der Waals surface area contributed by atoms with Gasteiger partial charge in [-0.1, -0.05) is 41.4 Å². The first-order valence-corrected chi connectivity index (χ1v) is 6.05. The Morgan fingerprint density at radius 1 is 1.06 bits per heavy atom. The monoisotopic (exact) mass is 280 g/mol. The molecule has 0 aliphatic heterocycles. The van der Waals surface area contributed by atoms with Crippen LogP contribution in [0, 0.1) is 0 Å². The fourth-order valence-corrected chi connectivity index (χ4v) is 2.11. The van der Waals surface area contributed by atoms with Crippen molar-refractivity contribution < 1.29 is 9.90 Å². The summed E-state index contributed by atoms with van der Waals surface area (Å²) in [6.07, 6.45) is -0.139. The van der Waals surface area contributed by atoms with Gasteiger partial charge in [0.25, 0.3) is 0 Å². The number of aliphatic hydroxyl groups is 1. The molecule has 1 atom stereocenters. The summed E-state index contributed by atoms with van der Waals surface area (Å²) >= 11 is 11.8. The predicted molar refractivity (Wildman–Crippen MR) is 72.4 cm³/mol. The summed E-state index contributed by atoms with van der Waals surface area (Å²) in [5, 5.41) is 11.1. The first-order valence-electron chi connectivity index (χ1n) is 5.30. The molecule has 0 heterocycles. The third kappa shape index (κ3) is 2.72. The van der Waals surface area contributed by atoms with Crippen molar-refractivity contribution in [2.45, 2.75) is 6.10 Å². The topological polar surface area (TPSA) is 37.3 Å². The number of hydrogen-bond acceptors (Lipinski definition) is 2. The molecule has 0 aliphatic rings. The van der Waals surface area contributed by atoms with E-state index in [1.165, 1.54) is 0 Å². The third-order valence-corrected chi connectivity index (χ3v) is 3.19. The molecule has 0 spiro atoms. The van der Waals surface area contributed by atoms with E-state index in [0.717, 1.165) is 0 Å². The molecule has 0 aromatic heterocycles. The lowest BCUT2D eigenvalue weighted by Gasteiger charge is -2.12. The van der Waals surface area contributed by atoms with Gasteiger partial charge in [0.05, 0.1) is 5.02 Å². The Balaban J connectivity index is 2.37. The van der Waals surface area contributed by atoms with Crippen LogP contribution >= 0.6 is 23.2 Å². The summed E-state index contributed by atoms with van der Waals surface area (Å²) < 4.78 is 0. The number of aliphatic hydroxyl groups excluding tert-OH is 1. The van der Waals surface area contributed by atoms with Crippen molar-refractivity contribution in [3.05, 3.63) is 69.2 Å². The Morgan fingerprint density at radius 2 is 1.78 bits per heavy atom. The SMILES string of the molecule is O=Cc1ccc(C(O)c2cccc(Cl)c2)cc1Cl. The van der Waals surface area contributed by atoms with Crippen molar-refractivity contribution in [2.24, 2.45) is 0 Å². The number of rotatable bonds is 3. The molecule has 0 bridgehead atoms. The quantitative estimate of drug-likeness (QED) is 0.867. The van der Waals surface area contributed by atoms with Gasteiger partial charge in [-0.15, -0.1) is 0 Å². The van der Waals surface area contributed by atoms with Gasteiger partial charge in [0, 0.05) is 10.6 Å². The molecule has 2 aromatic carbocycles. The number of carbonyl (C=O) groups is 1. The predicted octanol–water partition coefficient (Wildman–Crippen LogP) is 3.89. The molecule has 0 amide bonds. The van der Waals surface area contributed by atoms with E-state index in [-0.39, 0.29) is 0 Å². The lowest BCUT2D eigenvalue weighted by molar-refractivity contribution is 0.112. The van der Waals surface area contributed by atoms with Crippen molar-refractivity contribution in [3.8, 4) is 0 Å². The van der Waals surface area contributed by atoms with E-state index in [1.54, 1.807) is 42.5 Å². The number of halogens is 2. The highest BCUT2D eigenvalue weighted by Gasteiger charge is 2.12. The van der Waals surface area contributed by atoms with E-state index >= 15 is 0 Å². The zero-order chi connectivity index (χ0) is 13.1. The third-order valence-electron chi connectivity index (χ3n) is 2.63. The van der Waals surface area contributed by atoms with Crippen LogP contribution < -0.4 is 0 Å². The Hall–Kier alpha value is -1.35. The van der Waals surface area contributed by atoms with Crippen molar-refractivity contribution in [3.63, 3.8) is 0 Å². The second-order valence-corrected chi connectivity index (χ2v) is 4.70. The van der Waals surface area contributed by atoms with Crippen LogP contribution in [0.2, 0.25) is 10.0 Å². The number of benzene rings is 2. The van der Waals surface area contributed by atoms with Gasteiger partial charge >= 0.3 is 0 Å². The zero-order valence-corrected chi connectivity index (χ0v) is 10.8. The van der Waals surface area contributed by atoms with Crippen molar-refractivity contribution >= 4 is 29.5 Å². The van der Waals surface area contributed by atoms with Gasteiger partial charge in [0.2, 0.25) is 0 Å². The first kappa shape index (κ1) is 13.1. The molecule has 2 aromatic rings. The summed E-state index contributed by atoms with van der Waals surface area (Å²) in [4.78, 5) is 10.7. The van der Waals surface area contributed by atoms with Crippen LogP contribution in [0.15, 0.2) is 42.5 Å². The lowest BCUT2D eigenvalue weighted by atomic mass is 10.0. The van der Waals surface area contributed by atoms with Crippen LogP contribution in [0.5, 0.6) is 0 Å². The number of hydrogen-bond donors (Lipinski definition) is 1. The number of carbonyl (C=O) groups excluding carboxylic acids is 1. The average molecular weight is 281 g/mol. The highest BCUT2D eigenvalue weighted by Crippen LogP contribution is 2.27. The largest absolute Gasteiger partial charge is 0.384 e. The van der Waals surface area contributed by atoms with Crippen LogP contribution in [-0.4, -0.2) is 11.4 Å². The lowest BCUT2D eigenvalue weighted by Crippen LogP contribution is -2.00. The van der Waals surface area contributed by atoms with E-state index < -0.39 is 6.10 Å². The van der Waals surface area contributed by atoms with Crippen LogP contribution in [0.25, 0.3) is 0 Å². The molecule has 0 saturated heterocycles. The molecule has 1 unspecified atom stereocenters. The minimum atomic E-state index is -0.818. The summed E-state index contributed by atoms with van der Waals surface area (Å²) in [6.45, 7) is 0. The zero-order valence-electron chi connectivity index (χ0n) is 9.31. The smallest absolute Gasteiger partial charge is 0.151 e. The van der Waals surface area contributed by atoms with E-state index in [0.29, 0.717) is 33.0 Å². The van der Waals surface area contributed by atoms with E-state index in [4.69, 9.17) is 23.2 Å². The van der Waals surface area contributed by atoms with E-state index in [1.807, 2.05) is 0 Å². The van der Waals surface area contributed by atoms with Crippen LogP contribution in [0.3, 0.4) is 0 Å². The summed E-state index contributed by atoms with van der Waals surface area (Å²) in [5.41, 5.74) is 1.70. The maximum Gasteiger partial charge on any atom is 0.151 e. The van der Waals surface area contributed by atoms with E-state index in [2.05, 4.69) is 0 Å². The van der Waals surface area contributed by atoms with Crippen molar-refractivity contribution in [1.82, 2.24) is 0 Å². The van der Waals surface area contributed by atoms with Crippen molar-refractivity contribution in [2.75, 3.05) is 0 Å². The Bertz CT molecular complexity index is 582. The molecule has 4 heteroatoms. The Morgan fingerprint density at radius 3 is 2.39 bits per heavy atom. The molecule has 92 valence electrons. The normalized spacial score (nSPS) is 12.2. The molecule has 0 fully saturated rings. The minimum absolute atomic E-state index is 0.323. The van der Waals surface area contributed by atoms with E-state index in [9.17, 15) is 9.90 Å². The molecule has 2 rings (SSSR count). The minimum Gasteiger partial charge on any atom is -0.384 e. The Kier molecular flexibility index (Phi) is 4.02. The number of aldehydes is 1. The van der Waals surface area contributed by atoms with Crippen molar-refractivity contribution in [1.29, 1.82) is 0 Å². The van der Waals surface area contributed by atoms with Gasteiger partial charge in [0.15, 0.2) is 6.29 Å². The van der Waals surface area contributed by atoms with Gasteiger partial charge in [-0.05, 0) is 35.4 Å². The molecule has 1 N–H and O–H groups in total. The van der Waals surface area contributed by atoms with Gasteiger partial charge in [0.1, 0.15) is 6.10 Å². The Labute approximate surface area is 115 Å². The first-order chi connectivity index (χ1) is 8.61. The molecule has 18 heavy (non-hydrogen) atoms. The second kappa shape index (κ2) is 5.53. The molecule has 0 saturated carbocycles. The highest BCUT2D eigenvalue weighted by molar-refractivity contribution is 6.33. The fraction of sp³-hybridized carbons (Fsp3) is 0.0714. The van der Waals surface area contributed by atoms with Gasteiger partial charge < -0.3 is 5.11 Å². The van der Waals surface area contributed by atoms with Crippen LogP contribution in [0.4, 0.5) is 0 Å². The second-order valence-electron chi connectivity index (χ2n) is 3.86. The van der Waals surface area contributed by atoms with Gasteiger partial charge in [-0.2, -0.15) is 0 Å². The highest BCUT2D eigenvalue weighted by atomic mass is 35.5. The van der Waals surface area contributed by atoms with Crippen LogP contribution in [-0.2, 0) is 0 Å². The molecule has 0 aliphatic carbocycles. The maximum absolute atomic E-state index is 10.7. The summed E-state index contributed by atoms with van der Waals surface area (Å²) in [6, 6.07) is 11.8. The molecular formula is C14H10Cl2O2. The maximum atomic E-state index is 10.7. The fourth-order valence-electron chi connectivity index (χ4n) is 1.68. The summed E-state index contributed by atoms with van der Waals surface area (Å²) in [7, 11) is 0. The summed E-state index contributed by atoms with van der Waals surface area (Å²) in [5.74, 6) is 0. The van der Waals surface area contributed by atoms with Crippen LogP contribution in [0.1, 0.15) is 27.6 Å². The molecule has 2 nitrogen and oxygen atoms in total. The molecule has 0 radical (unpaired) electrons. The standard InChI is InChI=1S/C14H10Cl2O2/c15-12-3-1-2-9(6-12)14(18)10-4-5-11(8-17)13(16)7-10/h1-8,14,18H. The van der Waals surface area contributed by atoms with Gasteiger partial charge in [-0.25, -0.2) is 0 Å². The molecular weight excluding hydrogens is 271 g/mol. The average Bonchev–Trinajstić information content (AvgIpc) is 2.37.